The summed E-state index contributed by atoms with van der Waals surface area (Å²) in [7, 11) is 0. The number of para-hydroxylation sites is 1. The number of carbonyl (C=O) groups is 1. The van der Waals surface area contributed by atoms with Crippen molar-refractivity contribution in [3.8, 4) is 5.75 Å². The standard InChI is InChI=1S/C22H19NO4/c1-3-21(24)26-20-11-14-8-9-22(25)27-19(14)12-15(20)10-17-13(2)23-18-7-5-4-6-16(17)18/h4-9,11-12,23H,3,10H2,1-2H3. The van der Waals surface area contributed by atoms with Crippen molar-refractivity contribution in [2.45, 2.75) is 26.7 Å². The van der Waals surface area contributed by atoms with Crippen LogP contribution in [0.3, 0.4) is 0 Å². The first-order chi connectivity index (χ1) is 13.0. The molecule has 0 atom stereocenters. The van der Waals surface area contributed by atoms with Gasteiger partial charge in [-0.1, -0.05) is 25.1 Å². The van der Waals surface area contributed by atoms with Gasteiger partial charge in [0, 0.05) is 46.5 Å². The fourth-order valence-electron chi connectivity index (χ4n) is 3.32. The van der Waals surface area contributed by atoms with Gasteiger partial charge in [0.25, 0.3) is 0 Å². The number of aryl methyl sites for hydroxylation is 1. The molecule has 136 valence electrons. The summed E-state index contributed by atoms with van der Waals surface area (Å²) in [6.45, 7) is 3.78. The normalized spacial score (nSPS) is 11.2. The van der Waals surface area contributed by atoms with E-state index in [1.165, 1.54) is 6.07 Å². The van der Waals surface area contributed by atoms with Gasteiger partial charge in [-0.2, -0.15) is 0 Å². The smallest absolute Gasteiger partial charge is 0.336 e. The van der Waals surface area contributed by atoms with Gasteiger partial charge in [0.15, 0.2) is 0 Å². The molecule has 1 N–H and O–H groups in total. The molecule has 0 spiro atoms. The second-order valence-electron chi connectivity index (χ2n) is 6.53. The van der Waals surface area contributed by atoms with Crippen molar-refractivity contribution in [3.05, 3.63) is 75.8 Å². The number of carbonyl (C=O) groups excluding carboxylic acids is 1. The third kappa shape index (κ3) is 3.24. The highest BCUT2D eigenvalue weighted by Crippen LogP contribution is 2.31. The van der Waals surface area contributed by atoms with Gasteiger partial charge in [-0.3, -0.25) is 4.79 Å². The van der Waals surface area contributed by atoms with E-state index in [1.54, 1.807) is 25.1 Å². The Bertz CT molecular complexity index is 1220. The number of hydrogen-bond acceptors (Lipinski definition) is 4. The average molecular weight is 361 g/mol. The molecule has 2 aromatic heterocycles. The largest absolute Gasteiger partial charge is 0.426 e. The summed E-state index contributed by atoms with van der Waals surface area (Å²) in [6.07, 6.45) is 0.837. The van der Waals surface area contributed by atoms with Gasteiger partial charge in [-0.25, -0.2) is 4.79 Å². The highest BCUT2D eigenvalue weighted by Gasteiger charge is 2.15. The first kappa shape index (κ1) is 17.1. The molecule has 0 fully saturated rings. The molecule has 27 heavy (non-hydrogen) atoms. The maximum atomic E-state index is 11.9. The summed E-state index contributed by atoms with van der Waals surface area (Å²) in [5, 5.41) is 1.84. The topological polar surface area (TPSA) is 72.3 Å². The number of aromatic nitrogens is 1. The highest BCUT2D eigenvalue weighted by molar-refractivity contribution is 5.86. The third-order valence-corrected chi connectivity index (χ3v) is 4.71. The van der Waals surface area contributed by atoms with Gasteiger partial charge in [0.1, 0.15) is 11.3 Å². The summed E-state index contributed by atoms with van der Waals surface area (Å²) in [5.41, 5.74) is 4.10. The number of benzene rings is 2. The number of nitrogens with one attached hydrogen (secondary N) is 1. The van der Waals surface area contributed by atoms with Gasteiger partial charge in [-0.15, -0.1) is 0 Å². The van der Waals surface area contributed by atoms with E-state index >= 15 is 0 Å². The van der Waals surface area contributed by atoms with E-state index < -0.39 is 5.63 Å². The molecule has 0 aliphatic heterocycles. The number of esters is 1. The fourth-order valence-corrected chi connectivity index (χ4v) is 3.32. The van der Waals surface area contributed by atoms with Crippen molar-refractivity contribution in [1.29, 1.82) is 0 Å². The molecule has 2 heterocycles. The van der Waals surface area contributed by atoms with Crippen molar-refractivity contribution in [2.75, 3.05) is 0 Å². The molecule has 4 aromatic rings. The lowest BCUT2D eigenvalue weighted by atomic mass is 10.00. The molecule has 4 rings (SSSR count). The number of rotatable bonds is 4. The first-order valence-electron chi connectivity index (χ1n) is 8.89. The second kappa shape index (κ2) is 6.76. The van der Waals surface area contributed by atoms with Crippen LogP contribution in [0, 0.1) is 6.92 Å². The summed E-state index contributed by atoms with van der Waals surface area (Å²) in [5.74, 6) is 0.191. The lowest BCUT2D eigenvalue weighted by molar-refractivity contribution is -0.134. The third-order valence-electron chi connectivity index (χ3n) is 4.71. The van der Waals surface area contributed by atoms with Gasteiger partial charge in [-0.05, 0) is 36.8 Å². The molecule has 0 aliphatic carbocycles. The zero-order valence-electron chi connectivity index (χ0n) is 15.2. The fraction of sp³-hybridized carbons (Fsp3) is 0.182. The van der Waals surface area contributed by atoms with E-state index in [9.17, 15) is 9.59 Å². The molecule has 0 radical (unpaired) electrons. The summed E-state index contributed by atoms with van der Waals surface area (Å²) in [6, 6.07) is 14.7. The molecule has 0 amide bonds. The van der Waals surface area contributed by atoms with E-state index in [-0.39, 0.29) is 12.4 Å². The molecular weight excluding hydrogens is 342 g/mol. The Morgan fingerprint density at radius 1 is 1.15 bits per heavy atom. The van der Waals surface area contributed by atoms with Crippen LogP contribution >= 0.6 is 0 Å². The van der Waals surface area contributed by atoms with Crippen molar-refractivity contribution >= 4 is 27.8 Å². The Kier molecular flexibility index (Phi) is 4.28. The zero-order valence-corrected chi connectivity index (χ0v) is 15.2. The van der Waals surface area contributed by atoms with Crippen LogP contribution in [0.4, 0.5) is 0 Å². The van der Waals surface area contributed by atoms with E-state index in [2.05, 4.69) is 11.1 Å². The van der Waals surface area contributed by atoms with Crippen LogP contribution in [-0.4, -0.2) is 11.0 Å². The Labute approximate surface area is 155 Å². The lowest BCUT2D eigenvalue weighted by Gasteiger charge is -2.11. The average Bonchev–Trinajstić information content (AvgIpc) is 2.97. The molecule has 0 saturated carbocycles. The van der Waals surface area contributed by atoms with Gasteiger partial charge in [0.2, 0.25) is 0 Å². The van der Waals surface area contributed by atoms with Crippen molar-refractivity contribution in [1.82, 2.24) is 4.98 Å². The molecular formula is C22H19NO4. The monoisotopic (exact) mass is 361 g/mol. The Morgan fingerprint density at radius 2 is 1.96 bits per heavy atom. The number of hydrogen-bond donors (Lipinski definition) is 1. The Balaban J connectivity index is 1.87. The predicted molar refractivity (Wildman–Crippen MR) is 104 cm³/mol. The zero-order chi connectivity index (χ0) is 19.0. The molecule has 0 saturated heterocycles. The van der Waals surface area contributed by atoms with Crippen LogP contribution < -0.4 is 10.4 Å². The van der Waals surface area contributed by atoms with Crippen LogP contribution in [0.15, 0.2) is 57.7 Å². The van der Waals surface area contributed by atoms with E-state index in [1.807, 2.05) is 25.1 Å². The van der Waals surface area contributed by atoms with Crippen LogP contribution in [-0.2, 0) is 11.2 Å². The Hall–Kier alpha value is -3.34. The quantitative estimate of drug-likeness (QED) is 0.330. The van der Waals surface area contributed by atoms with Gasteiger partial charge < -0.3 is 14.1 Å². The highest BCUT2D eigenvalue weighted by atomic mass is 16.5. The molecule has 0 bridgehead atoms. The summed E-state index contributed by atoms with van der Waals surface area (Å²) >= 11 is 0. The first-order valence-corrected chi connectivity index (χ1v) is 8.89. The van der Waals surface area contributed by atoms with Crippen LogP contribution in [0.2, 0.25) is 0 Å². The number of ether oxygens (including phenoxy) is 1. The van der Waals surface area contributed by atoms with E-state index in [4.69, 9.17) is 9.15 Å². The molecule has 2 aromatic carbocycles. The SMILES string of the molecule is CCC(=O)Oc1cc2ccc(=O)oc2cc1Cc1c(C)[nH]c2ccccc12. The number of fused-ring (bicyclic) bond motifs is 2. The van der Waals surface area contributed by atoms with Crippen LogP contribution in [0.5, 0.6) is 5.75 Å². The van der Waals surface area contributed by atoms with Crippen molar-refractivity contribution < 1.29 is 13.9 Å². The second-order valence-corrected chi connectivity index (χ2v) is 6.53. The number of aromatic amines is 1. The maximum absolute atomic E-state index is 11.9. The summed E-state index contributed by atoms with van der Waals surface area (Å²) in [4.78, 5) is 26.9. The van der Waals surface area contributed by atoms with Gasteiger partial charge in [0.05, 0.1) is 0 Å². The molecule has 0 aliphatic rings. The molecule has 0 unspecified atom stereocenters. The minimum Gasteiger partial charge on any atom is -0.426 e. The van der Waals surface area contributed by atoms with Crippen molar-refractivity contribution in [2.24, 2.45) is 0 Å². The van der Waals surface area contributed by atoms with Crippen molar-refractivity contribution in [3.63, 3.8) is 0 Å². The summed E-state index contributed by atoms with van der Waals surface area (Å²) < 4.78 is 10.9. The molecule has 5 nitrogen and oxygen atoms in total. The predicted octanol–water partition coefficient (Wildman–Crippen LogP) is 4.49. The van der Waals surface area contributed by atoms with Crippen LogP contribution in [0.1, 0.15) is 30.2 Å². The minimum atomic E-state index is -0.407. The minimum absolute atomic E-state index is 0.285. The van der Waals surface area contributed by atoms with Crippen LogP contribution in [0.25, 0.3) is 21.9 Å². The molecule has 5 heteroatoms. The van der Waals surface area contributed by atoms with E-state index in [0.717, 1.165) is 27.7 Å². The van der Waals surface area contributed by atoms with Gasteiger partial charge >= 0.3 is 11.6 Å². The lowest BCUT2D eigenvalue weighted by Crippen LogP contribution is -2.08. The Morgan fingerprint density at radius 3 is 2.78 bits per heavy atom. The number of H-pyrrole nitrogens is 1. The van der Waals surface area contributed by atoms with E-state index in [0.29, 0.717) is 23.1 Å². The maximum Gasteiger partial charge on any atom is 0.336 e.